The van der Waals surface area contributed by atoms with E-state index in [-0.39, 0.29) is 0 Å². The molecule has 2 aromatic rings. The van der Waals surface area contributed by atoms with Gasteiger partial charge >= 0.3 is 11.9 Å². The van der Waals surface area contributed by atoms with Crippen molar-refractivity contribution >= 4 is 11.9 Å². The highest BCUT2D eigenvalue weighted by molar-refractivity contribution is 5.91. The topological polar surface area (TPSA) is 52.6 Å². The Morgan fingerprint density at radius 2 is 1.42 bits per heavy atom. The van der Waals surface area contributed by atoms with E-state index in [4.69, 9.17) is 9.47 Å². The maximum absolute atomic E-state index is 13.0. The maximum Gasteiger partial charge on any atom is 0.343 e. The quantitative estimate of drug-likeness (QED) is 0.552. The van der Waals surface area contributed by atoms with Crippen molar-refractivity contribution in [1.82, 2.24) is 0 Å². The zero-order chi connectivity index (χ0) is 21.8. The highest BCUT2D eigenvalue weighted by Crippen LogP contribution is 2.49. The number of ether oxygens (including phenoxy) is 2. The van der Waals surface area contributed by atoms with Crippen LogP contribution in [-0.2, 0) is 9.47 Å². The van der Waals surface area contributed by atoms with E-state index < -0.39 is 23.5 Å². The number of hydrogen-bond donors (Lipinski definition) is 0. The molecule has 2 aliphatic carbocycles. The molecule has 4 rings (SSSR count). The molecule has 4 heteroatoms. The average Bonchev–Trinajstić information content (AvgIpc) is 3.35. The van der Waals surface area contributed by atoms with Crippen LogP contribution in [0.5, 0.6) is 0 Å². The van der Waals surface area contributed by atoms with E-state index in [1.807, 2.05) is 37.3 Å². The van der Waals surface area contributed by atoms with Crippen molar-refractivity contribution in [1.29, 1.82) is 0 Å². The summed E-state index contributed by atoms with van der Waals surface area (Å²) in [5.74, 6) is -0.0724. The molecule has 2 atom stereocenters. The van der Waals surface area contributed by atoms with Crippen LogP contribution < -0.4 is 0 Å². The van der Waals surface area contributed by atoms with Crippen LogP contribution >= 0.6 is 0 Å². The van der Waals surface area contributed by atoms with Crippen LogP contribution in [0.15, 0.2) is 84.1 Å². The van der Waals surface area contributed by atoms with Gasteiger partial charge in [0.2, 0.25) is 0 Å². The Hall–Kier alpha value is -3.14. The van der Waals surface area contributed by atoms with Crippen LogP contribution in [-0.4, -0.2) is 18.0 Å². The molecule has 0 aliphatic heterocycles. The van der Waals surface area contributed by atoms with Crippen molar-refractivity contribution in [3.05, 3.63) is 95.3 Å². The van der Waals surface area contributed by atoms with E-state index in [1.165, 1.54) is 0 Å². The fraction of sp³-hybridized carbons (Fsp3) is 0.333. The van der Waals surface area contributed by atoms with E-state index in [1.54, 1.807) is 36.4 Å². The molecule has 0 heterocycles. The smallest absolute Gasteiger partial charge is 0.343 e. The third-order valence-corrected chi connectivity index (χ3v) is 6.57. The molecule has 0 spiro atoms. The number of allylic oxidation sites excluding steroid dienone is 2. The third kappa shape index (κ3) is 4.34. The molecule has 0 radical (unpaired) electrons. The van der Waals surface area contributed by atoms with Gasteiger partial charge in [0, 0.05) is 5.41 Å². The maximum atomic E-state index is 13.0. The Kier molecular flexibility index (Phi) is 6.08. The number of carbonyl (C=O) groups excluding carboxylic acids is 2. The molecule has 2 unspecified atom stereocenters. The first-order chi connectivity index (χ1) is 15.0. The lowest BCUT2D eigenvalue weighted by Crippen LogP contribution is -2.44. The lowest BCUT2D eigenvalue weighted by Gasteiger charge is -2.42. The Labute approximate surface area is 183 Å². The fourth-order valence-electron chi connectivity index (χ4n) is 4.66. The minimum absolute atomic E-state index is 0.357. The summed E-state index contributed by atoms with van der Waals surface area (Å²) in [5, 5.41) is 0. The predicted molar refractivity (Wildman–Crippen MR) is 119 cm³/mol. The van der Waals surface area contributed by atoms with Crippen LogP contribution in [0.2, 0.25) is 0 Å². The molecule has 0 aromatic heterocycles. The first-order valence-electron chi connectivity index (χ1n) is 10.9. The molecule has 2 aliphatic rings. The number of esters is 2. The van der Waals surface area contributed by atoms with E-state index in [9.17, 15) is 9.59 Å². The molecule has 1 fully saturated rings. The van der Waals surface area contributed by atoms with E-state index in [0.29, 0.717) is 22.8 Å². The van der Waals surface area contributed by atoms with Crippen LogP contribution in [0.1, 0.15) is 60.2 Å². The van der Waals surface area contributed by atoms with E-state index in [0.717, 1.165) is 31.3 Å². The molecule has 0 N–H and O–H groups in total. The minimum Gasteiger partial charge on any atom is -0.450 e. The van der Waals surface area contributed by atoms with Gasteiger partial charge < -0.3 is 9.47 Å². The van der Waals surface area contributed by atoms with Crippen LogP contribution in [0, 0.1) is 11.3 Å². The monoisotopic (exact) mass is 416 g/mol. The van der Waals surface area contributed by atoms with E-state index in [2.05, 4.69) is 13.0 Å². The normalized spacial score (nSPS) is 23.6. The molecule has 0 saturated heterocycles. The standard InChI is InChI=1S/C27H28O4/c1-19-17-18-27(2,22-15-9-10-16-22)24(31-26(29)21-13-7-4-8-14-21)23(19)30-25(28)20-11-5-3-6-12-20/h3-8,11-14,17-18,22,24H,9-10,15-16H2,1-2H3. The Morgan fingerprint density at radius 1 is 0.871 bits per heavy atom. The van der Waals surface area contributed by atoms with Crippen molar-refractivity contribution in [2.75, 3.05) is 0 Å². The average molecular weight is 417 g/mol. The van der Waals surface area contributed by atoms with Crippen molar-refractivity contribution in [3.8, 4) is 0 Å². The van der Waals surface area contributed by atoms with Crippen molar-refractivity contribution < 1.29 is 19.1 Å². The number of rotatable bonds is 5. The SMILES string of the molecule is CC1=C(OC(=O)c2ccccc2)C(OC(=O)c2ccccc2)C(C)(C2CCCC2)C=C1. The van der Waals surface area contributed by atoms with Crippen LogP contribution in [0.3, 0.4) is 0 Å². The van der Waals surface area contributed by atoms with Gasteiger partial charge in [-0.2, -0.15) is 0 Å². The Morgan fingerprint density at radius 3 is 2.00 bits per heavy atom. The molecule has 160 valence electrons. The van der Waals surface area contributed by atoms with Gasteiger partial charge in [-0.1, -0.05) is 68.3 Å². The highest BCUT2D eigenvalue weighted by atomic mass is 16.6. The van der Waals surface area contributed by atoms with Gasteiger partial charge in [0.15, 0.2) is 11.9 Å². The molecule has 4 nitrogen and oxygen atoms in total. The summed E-state index contributed by atoms with van der Waals surface area (Å²) in [7, 11) is 0. The second-order valence-corrected chi connectivity index (χ2v) is 8.63. The highest BCUT2D eigenvalue weighted by Gasteiger charge is 2.48. The van der Waals surface area contributed by atoms with Gasteiger partial charge in [-0.05, 0) is 55.5 Å². The van der Waals surface area contributed by atoms with Gasteiger partial charge in [-0.15, -0.1) is 0 Å². The number of hydrogen-bond acceptors (Lipinski definition) is 4. The Bertz CT molecular complexity index is 1000. The molecular weight excluding hydrogens is 388 g/mol. The molecule has 2 aromatic carbocycles. The van der Waals surface area contributed by atoms with Gasteiger partial charge in [0.25, 0.3) is 0 Å². The largest absolute Gasteiger partial charge is 0.450 e. The minimum atomic E-state index is -0.666. The molecule has 1 saturated carbocycles. The second-order valence-electron chi connectivity index (χ2n) is 8.63. The van der Waals surface area contributed by atoms with Gasteiger partial charge in [-0.3, -0.25) is 0 Å². The van der Waals surface area contributed by atoms with Gasteiger partial charge in [0.1, 0.15) is 0 Å². The summed E-state index contributed by atoms with van der Waals surface area (Å²) in [6.45, 7) is 4.01. The van der Waals surface area contributed by atoms with Crippen molar-refractivity contribution in [2.45, 2.75) is 45.6 Å². The lowest BCUT2D eigenvalue weighted by molar-refractivity contribution is -0.0241. The molecule has 31 heavy (non-hydrogen) atoms. The summed E-state index contributed by atoms with van der Waals surface area (Å²) in [6, 6.07) is 17.8. The van der Waals surface area contributed by atoms with Crippen LogP contribution in [0.4, 0.5) is 0 Å². The third-order valence-electron chi connectivity index (χ3n) is 6.57. The predicted octanol–water partition coefficient (Wildman–Crippen LogP) is 6.11. The fourth-order valence-corrected chi connectivity index (χ4v) is 4.66. The first kappa shape index (κ1) is 21.1. The van der Waals surface area contributed by atoms with Crippen molar-refractivity contribution in [3.63, 3.8) is 0 Å². The summed E-state index contributed by atoms with van der Waals surface area (Å²) in [4.78, 5) is 25.9. The van der Waals surface area contributed by atoms with E-state index >= 15 is 0 Å². The summed E-state index contributed by atoms with van der Waals surface area (Å²) >= 11 is 0. The van der Waals surface area contributed by atoms with Gasteiger partial charge in [-0.25, -0.2) is 9.59 Å². The molecule has 0 bridgehead atoms. The zero-order valence-corrected chi connectivity index (χ0v) is 18.0. The molecular formula is C27H28O4. The first-order valence-corrected chi connectivity index (χ1v) is 10.9. The van der Waals surface area contributed by atoms with Crippen LogP contribution in [0.25, 0.3) is 0 Å². The zero-order valence-electron chi connectivity index (χ0n) is 18.0. The van der Waals surface area contributed by atoms with Crippen molar-refractivity contribution in [2.24, 2.45) is 11.3 Å². The molecule has 0 amide bonds. The lowest BCUT2D eigenvalue weighted by atomic mass is 9.68. The summed E-state index contributed by atoms with van der Waals surface area (Å²) < 4.78 is 12.0. The van der Waals surface area contributed by atoms with Gasteiger partial charge in [0.05, 0.1) is 11.1 Å². The number of benzene rings is 2. The Balaban J connectivity index is 1.68. The number of carbonyl (C=O) groups is 2. The second kappa shape index (κ2) is 8.93. The summed E-state index contributed by atoms with van der Waals surface area (Å²) in [5.41, 5.74) is 1.31. The summed E-state index contributed by atoms with van der Waals surface area (Å²) in [6.07, 6.45) is 7.93.